The lowest BCUT2D eigenvalue weighted by molar-refractivity contribution is 0.0684. The van der Waals surface area contributed by atoms with Crippen LogP contribution in [0.1, 0.15) is 47.2 Å². The van der Waals surface area contributed by atoms with Crippen LogP contribution in [0.3, 0.4) is 0 Å². The van der Waals surface area contributed by atoms with Crippen molar-refractivity contribution in [3.63, 3.8) is 0 Å². The summed E-state index contributed by atoms with van der Waals surface area (Å²) in [5, 5.41) is 12.3. The van der Waals surface area contributed by atoms with Gasteiger partial charge in [0.1, 0.15) is 0 Å². The summed E-state index contributed by atoms with van der Waals surface area (Å²) in [7, 11) is 0. The minimum atomic E-state index is -1.17. The number of carboxylic acid groups (broad SMARTS) is 1. The SMILES string of the molecule is CCSC1CCCC1NC(=O)c1nc[nH]c1C(=O)O. The van der Waals surface area contributed by atoms with E-state index in [0.717, 1.165) is 25.0 Å². The van der Waals surface area contributed by atoms with Crippen molar-refractivity contribution < 1.29 is 14.7 Å². The van der Waals surface area contributed by atoms with Crippen molar-refractivity contribution >= 4 is 23.6 Å². The van der Waals surface area contributed by atoms with Gasteiger partial charge >= 0.3 is 5.97 Å². The molecular formula is C12H17N3O3S. The molecule has 0 aliphatic heterocycles. The minimum absolute atomic E-state index is 0.0420. The first-order valence-electron chi connectivity index (χ1n) is 6.32. The average molecular weight is 283 g/mol. The summed E-state index contributed by atoms with van der Waals surface area (Å²) >= 11 is 1.84. The first kappa shape index (κ1) is 13.9. The molecule has 1 amide bonds. The van der Waals surface area contributed by atoms with Crippen LogP contribution in [0.4, 0.5) is 0 Å². The lowest BCUT2D eigenvalue weighted by Crippen LogP contribution is -2.39. The zero-order valence-corrected chi connectivity index (χ0v) is 11.5. The quantitative estimate of drug-likeness (QED) is 0.761. The maximum atomic E-state index is 12.1. The molecule has 1 saturated carbocycles. The van der Waals surface area contributed by atoms with Crippen LogP contribution >= 0.6 is 11.8 Å². The molecule has 2 atom stereocenters. The number of aromatic amines is 1. The highest BCUT2D eigenvalue weighted by atomic mass is 32.2. The highest BCUT2D eigenvalue weighted by molar-refractivity contribution is 7.99. The molecule has 1 heterocycles. The average Bonchev–Trinajstić information content (AvgIpc) is 2.98. The van der Waals surface area contributed by atoms with Crippen LogP contribution in [0.2, 0.25) is 0 Å². The summed E-state index contributed by atoms with van der Waals surface area (Å²) in [5.41, 5.74) is -0.199. The van der Waals surface area contributed by atoms with Crippen LogP contribution in [-0.4, -0.2) is 44.0 Å². The Labute approximate surface area is 115 Å². The minimum Gasteiger partial charge on any atom is -0.477 e. The van der Waals surface area contributed by atoms with Gasteiger partial charge in [0.05, 0.1) is 6.33 Å². The largest absolute Gasteiger partial charge is 0.477 e. The smallest absolute Gasteiger partial charge is 0.354 e. The fraction of sp³-hybridized carbons (Fsp3) is 0.583. The number of amides is 1. The molecule has 1 aliphatic carbocycles. The summed E-state index contributed by atoms with van der Waals surface area (Å²) in [6.45, 7) is 2.10. The Morgan fingerprint density at radius 3 is 3.05 bits per heavy atom. The van der Waals surface area contributed by atoms with E-state index in [0.29, 0.717) is 5.25 Å². The number of H-pyrrole nitrogens is 1. The number of thioether (sulfide) groups is 1. The fourth-order valence-electron chi connectivity index (χ4n) is 2.37. The van der Waals surface area contributed by atoms with Gasteiger partial charge in [-0.2, -0.15) is 11.8 Å². The van der Waals surface area contributed by atoms with Gasteiger partial charge in [-0.3, -0.25) is 4.79 Å². The molecule has 19 heavy (non-hydrogen) atoms. The van der Waals surface area contributed by atoms with Crippen LogP contribution in [0, 0.1) is 0 Å². The van der Waals surface area contributed by atoms with Crippen LogP contribution < -0.4 is 5.32 Å². The number of carbonyl (C=O) groups is 2. The number of rotatable bonds is 5. The number of imidazole rings is 1. The van der Waals surface area contributed by atoms with E-state index in [9.17, 15) is 9.59 Å². The number of carboxylic acids is 1. The van der Waals surface area contributed by atoms with E-state index < -0.39 is 11.9 Å². The van der Waals surface area contributed by atoms with Gasteiger partial charge in [0, 0.05) is 11.3 Å². The van der Waals surface area contributed by atoms with Gasteiger partial charge in [0.25, 0.3) is 5.91 Å². The Bertz CT molecular complexity index is 475. The molecule has 1 aliphatic rings. The molecular weight excluding hydrogens is 266 g/mol. The van der Waals surface area contributed by atoms with Gasteiger partial charge in [0.15, 0.2) is 11.4 Å². The second kappa shape index (κ2) is 6.10. The van der Waals surface area contributed by atoms with Gasteiger partial charge in [-0.15, -0.1) is 0 Å². The molecule has 1 aromatic rings. The van der Waals surface area contributed by atoms with E-state index in [1.165, 1.54) is 6.33 Å². The maximum Gasteiger partial charge on any atom is 0.354 e. The lowest BCUT2D eigenvalue weighted by Gasteiger charge is -2.19. The number of nitrogens with one attached hydrogen (secondary N) is 2. The molecule has 6 nitrogen and oxygen atoms in total. The van der Waals surface area contributed by atoms with E-state index in [1.54, 1.807) is 0 Å². The standard InChI is InChI=1S/C12H17N3O3S/c1-2-19-8-5-3-4-7(8)15-11(16)9-10(12(17)18)14-6-13-9/h6-8H,2-5H2,1H3,(H,13,14)(H,15,16)(H,17,18). The molecule has 0 radical (unpaired) electrons. The highest BCUT2D eigenvalue weighted by Crippen LogP contribution is 2.30. The highest BCUT2D eigenvalue weighted by Gasteiger charge is 2.30. The molecule has 0 bridgehead atoms. The van der Waals surface area contributed by atoms with Crippen molar-refractivity contribution in [3.8, 4) is 0 Å². The van der Waals surface area contributed by atoms with Crippen molar-refractivity contribution in [2.45, 2.75) is 37.5 Å². The van der Waals surface area contributed by atoms with Gasteiger partial charge < -0.3 is 15.4 Å². The molecule has 0 spiro atoms. The van der Waals surface area contributed by atoms with Crippen LogP contribution in [0.5, 0.6) is 0 Å². The van der Waals surface area contributed by atoms with Crippen LogP contribution in [0.25, 0.3) is 0 Å². The number of aromatic nitrogens is 2. The van der Waals surface area contributed by atoms with E-state index >= 15 is 0 Å². The number of hydrogen-bond donors (Lipinski definition) is 3. The first-order valence-corrected chi connectivity index (χ1v) is 7.37. The lowest BCUT2D eigenvalue weighted by atomic mass is 10.2. The fourth-order valence-corrected chi connectivity index (χ4v) is 3.57. The molecule has 2 unspecified atom stereocenters. The van der Waals surface area contributed by atoms with Crippen LogP contribution in [0.15, 0.2) is 6.33 Å². The number of hydrogen-bond acceptors (Lipinski definition) is 4. The number of nitrogens with zero attached hydrogens (tertiary/aromatic N) is 1. The van der Waals surface area contributed by atoms with Crippen molar-refractivity contribution in [2.24, 2.45) is 0 Å². The second-order valence-corrected chi connectivity index (χ2v) is 5.95. The Morgan fingerprint density at radius 1 is 1.58 bits per heavy atom. The molecule has 0 aromatic carbocycles. The molecule has 104 valence electrons. The second-order valence-electron chi connectivity index (χ2n) is 4.44. The molecule has 2 rings (SSSR count). The van der Waals surface area contributed by atoms with Gasteiger partial charge in [0.2, 0.25) is 0 Å². The van der Waals surface area contributed by atoms with Crippen molar-refractivity contribution in [1.82, 2.24) is 15.3 Å². The molecule has 7 heteroatoms. The van der Waals surface area contributed by atoms with Crippen molar-refractivity contribution in [3.05, 3.63) is 17.7 Å². The monoisotopic (exact) mass is 283 g/mol. The third-order valence-corrected chi connectivity index (χ3v) is 4.54. The Morgan fingerprint density at radius 2 is 2.37 bits per heavy atom. The molecule has 1 aromatic heterocycles. The molecule has 1 fully saturated rings. The van der Waals surface area contributed by atoms with E-state index in [-0.39, 0.29) is 17.4 Å². The Hall–Kier alpha value is -1.50. The predicted octanol–water partition coefficient (Wildman–Crippen LogP) is 1.51. The van der Waals surface area contributed by atoms with Crippen molar-refractivity contribution in [2.75, 3.05) is 5.75 Å². The van der Waals surface area contributed by atoms with E-state index in [4.69, 9.17) is 5.11 Å². The van der Waals surface area contributed by atoms with Crippen molar-refractivity contribution in [1.29, 1.82) is 0 Å². The summed E-state index contributed by atoms with van der Waals surface area (Å²) in [5.74, 6) is -0.569. The normalized spacial score (nSPS) is 22.4. The van der Waals surface area contributed by atoms with E-state index in [2.05, 4.69) is 22.2 Å². The molecule has 0 saturated heterocycles. The Balaban J connectivity index is 2.04. The zero-order chi connectivity index (χ0) is 13.8. The number of carbonyl (C=O) groups excluding carboxylic acids is 1. The summed E-state index contributed by atoms with van der Waals surface area (Å²) in [4.78, 5) is 29.3. The van der Waals surface area contributed by atoms with Crippen LogP contribution in [-0.2, 0) is 0 Å². The summed E-state index contributed by atoms with van der Waals surface area (Å²) in [6.07, 6.45) is 4.35. The molecule has 3 N–H and O–H groups in total. The third kappa shape index (κ3) is 3.09. The van der Waals surface area contributed by atoms with Gasteiger partial charge in [-0.05, 0) is 18.6 Å². The summed E-state index contributed by atoms with van der Waals surface area (Å²) in [6, 6.07) is 0.107. The Kier molecular flexibility index (Phi) is 4.47. The van der Waals surface area contributed by atoms with Gasteiger partial charge in [-0.1, -0.05) is 13.3 Å². The third-order valence-electron chi connectivity index (χ3n) is 3.22. The topological polar surface area (TPSA) is 95.1 Å². The van der Waals surface area contributed by atoms with E-state index in [1.807, 2.05) is 11.8 Å². The van der Waals surface area contributed by atoms with Gasteiger partial charge in [-0.25, -0.2) is 9.78 Å². The maximum absolute atomic E-state index is 12.1. The zero-order valence-electron chi connectivity index (χ0n) is 10.7. The first-order chi connectivity index (χ1) is 9.13. The summed E-state index contributed by atoms with van der Waals surface area (Å²) < 4.78 is 0. The number of aromatic carboxylic acids is 1. The predicted molar refractivity (Wildman–Crippen MR) is 72.6 cm³/mol.